The largest absolute Gasteiger partial charge is 0.299 e. The molecule has 0 radical (unpaired) electrons. The average Bonchev–Trinajstić information content (AvgIpc) is 2.46. The van der Waals surface area contributed by atoms with Crippen molar-refractivity contribution in [1.29, 1.82) is 0 Å². The highest BCUT2D eigenvalue weighted by Crippen LogP contribution is 2.25. The van der Waals surface area contributed by atoms with E-state index in [1.165, 1.54) is 38.5 Å². The van der Waals surface area contributed by atoms with Crippen molar-refractivity contribution in [3.05, 3.63) is 33.8 Å². The fourth-order valence-electron chi connectivity index (χ4n) is 2.44. The van der Waals surface area contributed by atoms with Crippen LogP contribution < -0.4 is 0 Å². The summed E-state index contributed by atoms with van der Waals surface area (Å²) in [5, 5.41) is 1.18. The molecule has 0 N–H and O–H groups in total. The molecular formula is C18H26Cl2O. The molecule has 0 spiro atoms. The van der Waals surface area contributed by atoms with Crippen LogP contribution in [-0.4, -0.2) is 5.78 Å². The van der Waals surface area contributed by atoms with E-state index in [0.29, 0.717) is 22.9 Å². The second-order valence-electron chi connectivity index (χ2n) is 5.64. The van der Waals surface area contributed by atoms with Gasteiger partial charge in [-0.3, -0.25) is 4.79 Å². The minimum Gasteiger partial charge on any atom is -0.299 e. The van der Waals surface area contributed by atoms with Gasteiger partial charge in [0, 0.05) is 22.9 Å². The van der Waals surface area contributed by atoms with E-state index < -0.39 is 0 Å². The topological polar surface area (TPSA) is 17.1 Å². The van der Waals surface area contributed by atoms with Crippen molar-refractivity contribution in [2.24, 2.45) is 0 Å². The zero-order chi connectivity index (χ0) is 15.5. The van der Waals surface area contributed by atoms with Crippen molar-refractivity contribution in [1.82, 2.24) is 0 Å². The number of rotatable bonds is 11. The fraction of sp³-hybridized carbons (Fsp3) is 0.611. The molecule has 0 atom stereocenters. The van der Waals surface area contributed by atoms with Crippen LogP contribution in [-0.2, 0) is 11.2 Å². The van der Waals surface area contributed by atoms with Gasteiger partial charge in [-0.25, -0.2) is 0 Å². The SMILES string of the molecule is CCCCCCCCCCC(=O)Cc1c(Cl)cccc1Cl. The predicted octanol–water partition coefficient (Wildman–Crippen LogP) is 6.64. The Balaban J connectivity index is 2.14. The third kappa shape index (κ3) is 7.87. The zero-order valence-electron chi connectivity index (χ0n) is 13.0. The zero-order valence-corrected chi connectivity index (χ0v) is 14.5. The van der Waals surface area contributed by atoms with Gasteiger partial charge in [0.25, 0.3) is 0 Å². The number of unbranched alkanes of at least 4 members (excludes halogenated alkanes) is 7. The molecule has 1 aromatic rings. The summed E-state index contributed by atoms with van der Waals surface area (Å²) in [6.07, 6.45) is 11.0. The Kier molecular flexibility index (Phi) is 9.78. The van der Waals surface area contributed by atoms with E-state index in [1.54, 1.807) is 18.2 Å². The highest BCUT2D eigenvalue weighted by molar-refractivity contribution is 6.36. The third-order valence-corrected chi connectivity index (χ3v) is 4.45. The summed E-state index contributed by atoms with van der Waals surface area (Å²) in [6.45, 7) is 2.23. The summed E-state index contributed by atoms with van der Waals surface area (Å²) < 4.78 is 0. The highest BCUT2D eigenvalue weighted by Gasteiger charge is 2.10. The van der Waals surface area contributed by atoms with E-state index in [-0.39, 0.29) is 5.78 Å². The van der Waals surface area contributed by atoms with Gasteiger partial charge in [0.05, 0.1) is 0 Å². The Bertz CT molecular complexity index is 409. The van der Waals surface area contributed by atoms with E-state index in [1.807, 2.05) is 0 Å². The summed E-state index contributed by atoms with van der Waals surface area (Å²) in [4.78, 5) is 12.0. The Labute approximate surface area is 139 Å². The lowest BCUT2D eigenvalue weighted by Crippen LogP contribution is -2.03. The molecule has 0 saturated heterocycles. The molecule has 118 valence electrons. The Morgan fingerprint density at radius 3 is 2.00 bits per heavy atom. The first kappa shape index (κ1) is 18.5. The molecule has 0 unspecified atom stereocenters. The molecule has 1 nitrogen and oxygen atoms in total. The summed E-state index contributed by atoms with van der Waals surface area (Å²) >= 11 is 12.2. The number of benzene rings is 1. The lowest BCUT2D eigenvalue weighted by atomic mass is 10.0. The second-order valence-corrected chi connectivity index (χ2v) is 6.45. The number of Topliss-reactive ketones (excluding diaryl/α,β-unsaturated/α-hetero) is 1. The molecule has 0 aromatic heterocycles. The molecule has 0 heterocycles. The van der Waals surface area contributed by atoms with E-state index in [4.69, 9.17) is 23.2 Å². The summed E-state index contributed by atoms with van der Waals surface area (Å²) in [6, 6.07) is 5.37. The smallest absolute Gasteiger partial charge is 0.137 e. The molecule has 0 bridgehead atoms. The summed E-state index contributed by atoms with van der Waals surface area (Å²) in [5.41, 5.74) is 0.769. The maximum Gasteiger partial charge on any atom is 0.137 e. The van der Waals surface area contributed by atoms with Gasteiger partial charge in [-0.15, -0.1) is 0 Å². The van der Waals surface area contributed by atoms with Gasteiger partial charge in [0.1, 0.15) is 5.78 Å². The van der Waals surface area contributed by atoms with Crippen LogP contribution in [0.4, 0.5) is 0 Å². The standard InChI is InChI=1S/C18H26Cl2O/c1-2-3-4-5-6-7-8-9-11-15(21)14-16-17(19)12-10-13-18(16)20/h10,12-13H,2-9,11,14H2,1H3. The van der Waals surface area contributed by atoms with Crippen LogP contribution in [0.2, 0.25) is 10.0 Å². The van der Waals surface area contributed by atoms with Crippen molar-refractivity contribution in [2.75, 3.05) is 0 Å². The van der Waals surface area contributed by atoms with Crippen molar-refractivity contribution in [2.45, 2.75) is 71.1 Å². The van der Waals surface area contributed by atoms with E-state index in [2.05, 4.69) is 6.92 Å². The average molecular weight is 329 g/mol. The Morgan fingerprint density at radius 2 is 1.43 bits per heavy atom. The fourth-order valence-corrected chi connectivity index (χ4v) is 2.97. The van der Waals surface area contributed by atoms with E-state index in [9.17, 15) is 4.79 Å². The maximum atomic E-state index is 12.0. The van der Waals surface area contributed by atoms with Gasteiger partial charge >= 0.3 is 0 Å². The van der Waals surface area contributed by atoms with Crippen LogP contribution in [0, 0.1) is 0 Å². The van der Waals surface area contributed by atoms with Gasteiger partial charge in [-0.05, 0) is 24.1 Å². The van der Waals surface area contributed by atoms with E-state index >= 15 is 0 Å². The molecule has 0 aliphatic rings. The summed E-state index contributed by atoms with van der Waals surface area (Å²) in [7, 11) is 0. The van der Waals surface area contributed by atoms with Crippen LogP contribution in [0.1, 0.15) is 70.3 Å². The van der Waals surface area contributed by atoms with Crippen LogP contribution in [0.3, 0.4) is 0 Å². The number of hydrogen-bond donors (Lipinski definition) is 0. The molecule has 0 aliphatic carbocycles. The van der Waals surface area contributed by atoms with E-state index in [0.717, 1.165) is 18.4 Å². The Hall–Kier alpha value is -0.530. The van der Waals surface area contributed by atoms with Crippen molar-refractivity contribution in [3.63, 3.8) is 0 Å². The predicted molar refractivity (Wildman–Crippen MR) is 92.4 cm³/mol. The first-order chi connectivity index (χ1) is 10.1. The molecule has 0 aliphatic heterocycles. The van der Waals surface area contributed by atoms with Crippen LogP contribution in [0.5, 0.6) is 0 Å². The first-order valence-corrected chi connectivity index (χ1v) is 8.85. The quantitative estimate of drug-likeness (QED) is 0.416. The molecule has 21 heavy (non-hydrogen) atoms. The monoisotopic (exact) mass is 328 g/mol. The van der Waals surface area contributed by atoms with Crippen LogP contribution in [0.25, 0.3) is 0 Å². The molecular weight excluding hydrogens is 303 g/mol. The number of ketones is 1. The van der Waals surface area contributed by atoms with Gasteiger partial charge in [0.2, 0.25) is 0 Å². The molecule has 0 saturated carbocycles. The number of carbonyl (C=O) groups excluding carboxylic acids is 1. The second kappa shape index (κ2) is 11.1. The highest BCUT2D eigenvalue weighted by atomic mass is 35.5. The van der Waals surface area contributed by atoms with Gasteiger partial charge in [-0.1, -0.05) is 81.1 Å². The normalized spacial score (nSPS) is 10.8. The first-order valence-electron chi connectivity index (χ1n) is 8.09. The maximum absolute atomic E-state index is 12.0. The third-order valence-electron chi connectivity index (χ3n) is 3.74. The van der Waals surface area contributed by atoms with Gasteiger partial charge in [0.15, 0.2) is 0 Å². The van der Waals surface area contributed by atoms with Crippen molar-refractivity contribution < 1.29 is 4.79 Å². The molecule has 1 rings (SSSR count). The lowest BCUT2D eigenvalue weighted by Gasteiger charge is -2.06. The van der Waals surface area contributed by atoms with Gasteiger partial charge in [-0.2, -0.15) is 0 Å². The molecule has 3 heteroatoms. The van der Waals surface area contributed by atoms with Gasteiger partial charge < -0.3 is 0 Å². The van der Waals surface area contributed by atoms with Crippen LogP contribution in [0.15, 0.2) is 18.2 Å². The lowest BCUT2D eigenvalue weighted by molar-refractivity contribution is -0.118. The van der Waals surface area contributed by atoms with Crippen molar-refractivity contribution in [3.8, 4) is 0 Å². The number of carbonyl (C=O) groups is 1. The minimum atomic E-state index is 0.232. The molecule has 1 aromatic carbocycles. The molecule has 0 amide bonds. The minimum absolute atomic E-state index is 0.232. The number of halogens is 2. The Morgan fingerprint density at radius 1 is 0.905 bits per heavy atom. The summed E-state index contributed by atoms with van der Waals surface area (Å²) in [5.74, 6) is 0.232. The number of hydrogen-bond acceptors (Lipinski definition) is 1. The van der Waals surface area contributed by atoms with Crippen molar-refractivity contribution >= 4 is 29.0 Å². The molecule has 0 fully saturated rings. The van der Waals surface area contributed by atoms with Crippen LogP contribution >= 0.6 is 23.2 Å².